The van der Waals surface area contributed by atoms with Crippen molar-refractivity contribution in [2.75, 3.05) is 6.61 Å². The summed E-state index contributed by atoms with van der Waals surface area (Å²) in [4.78, 5) is 11.3. The molecule has 0 atom stereocenters. The maximum Gasteiger partial charge on any atom is 0.213 e. The van der Waals surface area contributed by atoms with Gasteiger partial charge in [-0.3, -0.25) is 0 Å². The van der Waals surface area contributed by atoms with Crippen LogP contribution in [-0.2, 0) is 0 Å². The molecule has 0 amide bonds. The number of H-pyrrole nitrogens is 1. The third-order valence-electron chi connectivity index (χ3n) is 4.07. The maximum absolute atomic E-state index is 13.4. The van der Waals surface area contributed by atoms with Crippen LogP contribution in [0.25, 0.3) is 33.3 Å². The van der Waals surface area contributed by atoms with E-state index in [0.29, 0.717) is 6.61 Å². The van der Waals surface area contributed by atoms with Crippen LogP contribution in [0.3, 0.4) is 0 Å². The first kappa shape index (κ1) is 15.3. The molecule has 4 nitrogen and oxygen atoms in total. The Morgan fingerprint density at radius 3 is 2.76 bits per heavy atom. The Kier molecular flexibility index (Phi) is 3.90. The van der Waals surface area contributed by atoms with Crippen LogP contribution in [0.15, 0.2) is 61.1 Å². The van der Waals surface area contributed by atoms with Crippen LogP contribution in [-0.4, -0.2) is 21.6 Å². The van der Waals surface area contributed by atoms with E-state index in [1.165, 1.54) is 12.3 Å². The zero-order chi connectivity index (χ0) is 17.2. The summed E-state index contributed by atoms with van der Waals surface area (Å²) in [6.45, 7) is 2.56. The number of aromatic nitrogens is 3. The molecule has 0 saturated carbocycles. The van der Waals surface area contributed by atoms with Gasteiger partial charge in [0.15, 0.2) is 0 Å². The second kappa shape index (κ2) is 6.36. The number of aromatic amines is 1. The molecule has 124 valence electrons. The molecule has 3 aromatic heterocycles. The molecule has 4 rings (SSSR count). The predicted molar refractivity (Wildman–Crippen MR) is 95.9 cm³/mol. The summed E-state index contributed by atoms with van der Waals surface area (Å²) in [6, 6.07) is 13.1. The van der Waals surface area contributed by atoms with E-state index in [9.17, 15) is 4.39 Å². The predicted octanol–water partition coefficient (Wildman–Crippen LogP) is 4.83. The van der Waals surface area contributed by atoms with Gasteiger partial charge in [-0.15, -0.1) is 0 Å². The van der Waals surface area contributed by atoms with Crippen LogP contribution in [0.1, 0.15) is 6.92 Å². The van der Waals surface area contributed by atoms with Gasteiger partial charge in [0.2, 0.25) is 5.95 Å². The van der Waals surface area contributed by atoms with Gasteiger partial charge in [-0.05, 0) is 30.7 Å². The van der Waals surface area contributed by atoms with Gasteiger partial charge in [0, 0.05) is 46.7 Å². The lowest BCUT2D eigenvalue weighted by Gasteiger charge is -2.09. The third kappa shape index (κ3) is 2.85. The van der Waals surface area contributed by atoms with Crippen molar-refractivity contribution in [1.82, 2.24) is 15.0 Å². The fourth-order valence-corrected chi connectivity index (χ4v) is 2.94. The molecule has 5 heteroatoms. The van der Waals surface area contributed by atoms with E-state index < -0.39 is 5.95 Å². The molecule has 0 fully saturated rings. The number of nitrogens with one attached hydrogen (secondary N) is 1. The minimum absolute atomic E-state index is 0.506. The summed E-state index contributed by atoms with van der Waals surface area (Å²) in [6.07, 6.45) is 5.11. The van der Waals surface area contributed by atoms with Gasteiger partial charge < -0.3 is 9.72 Å². The van der Waals surface area contributed by atoms with Crippen LogP contribution < -0.4 is 4.74 Å². The number of rotatable bonds is 4. The minimum Gasteiger partial charge on any atom is -0.493 e. The summed E-state index contributed by atoms with van der Waals surface area (Å²) >= 11 is 0. The van der Waals surface area contributed by atoms with Crippen molar-refractivity contribution in [2.45, 2.75) is 6.92 Å². The Morgan fingerprint density at radius 1 is 1.04 bits per heavy atom. The summed E-state index contributed by atoms with van der Waals surface area (Å²) in [5.41, 5.74) is 4.36. The fourth-order valence-electron chi connectivity index (χ4n) is 2.94. The molecule has 1 aromatic carbocycles. The molecule has 4 aromatic rings. The lowest BCUT2D eigenvalue weighted by molar-refractivity contribution is 0.341. The average molecular weight is 333 g/mol. The molecule has 1 N–H and O–H groups in total. The smallest absolute Gasteiger partial charge is 0.213 e. The Labute approximate surface area is 144 Å². The Balaban J connectivity index is 1.88. The minimum atomic E-state index is -0.506. The monoisotopic (exact) mass is 333 g/mol. The Hall–Kier alpha value is -3.21. The summed E-state index contributed by atoms with van der Waals surface area (Å²) in [5.74, 6) is 0.319. The molecule has 0 aliphatic carbocycles. The van der Waals surface area contributed by atoms with Crippen molar-refractivity contribution in [2.24, 2.45) is 0 Å². The van der Waals surface area contributed by atoms with Gasteiger partial charge in [0.25, 0.3) is 0 Å². The van der Waals surface area contributed by atoms with Crippen LogP contribution >= 0.6 is 0 Å². The zero-order valence-electron chi connectivity index (χ0n) is 13.7. The molecular formula is C20H16FN3O. The third-order valence-corrected chi connectivity index (χ3v) is 4.07. The zero-order valence-corrected chi connectivity index (χ0v) is 13.7. The van der Waals surface area contributed by atoms with Gasteiger partial charge >= 0.3 is 0 Å². The molecule has 0 bridgehead atoms. The SMILES string of the molecule is CCOc1ccccc1-c1c[nH]c2ncc(-c3ccnc(F)c3)cc12. The van der Waals surface area contributed by atoms with Crippen molar-refractivity contribution in [3.05, 3.63) is 67.0 Å². The van der Waals surface area contributed by atoms with Gasteiger partial charge in [0.05, 0.1) is 6.61 Å². The molecule has 3 heterocycles. The number of fused-ring (bicyclic) bond motifs is 1. The number of para-hydroxylation sites is 1. The standard InChI is InChI=1S/C20H16FN3O/c1-2-25-18-6-4-3-5-15(18)17-12-24-20-16(17)9-14(11-23-20)13-7-8-22-19(21)10-13/h3-12H,2H2,1H3,(H,23,24). The molecule has 0 unspecified atom stereocenters. The van der Waals surface area contributed by atoms with Crippen LogP contribution in [0.2, 0.25) is 0 Å². The molecule has 0 spiro atoms. The molecular weight excluding hydrogens is 317 g/mol. The van der Waals surface area contributed by atoms with E-state index in [0.717, 1.165) is 39.0 Å². The van der Waals surface area contributed by atoms with Crippen LogP contribution in [0.5, 0.6) is 5.75 Å². The van der Waals surface area contributed by atoms with Crippen LogP contribution in [0.4, 0.5) is 4.39 Å². The van der Waals surface area contributed by atoms with Crippen LogP contribution in [0, 0.1) is 5.95 Å². The summed E-state index contributed by atoms with van der Waals surface area (Å²) in [5, 5.41) is 0.960. The number of nitrogens with zero attached hydrogens (tertiary/aromatic N) is 2. The number of benzene rings is 1. The number of hydrogen-bond donors (Lipinski definition) is 1. The first-order chi connectivity index (χ1) is 12.3. The number of halogens is 1. The van der Waals surface area contributed by atoms with E-state index >= 15 is 0 Å². The quantitative estimate of drug-likeness (QED) is 0.544. The highest BCUT2D eigenvalue weighted by Crippen LogP contribution is 2.36. The first-order valence-corrected chi connectivity index (χ1v) is 8.07. The van der Waals surface area contributed by atoms with Crippen molar-refractivity contribution in [3.63, 3.8) is 0 Å². The van der Waals surface area contributed by atoms with Gasteiger partial charge in [-0.1, -0.05) is 18.2 Å². The Morgan fingerprint density at radius 2 is 1.92 bits per heavy atom. The highest BCUT2D eigenvalue weighted by molar-refractivity contribution is 5.97. The van der Waals surface area contributed by atoms with E-state index in [2.05, 4.69) is 15.0 Å². The molecule has 0 aliphatic heterocycles. The van der Waals surface area contributed by atoms with Crippen molar-refractivity contribution < 1.29 is 9.13 Å². The average Bonchev–Trinajstić information content (AvgIpc) is 3.05. The number of pyridine rings is 2. The normalized spacial score (nSPS) is 11.0. The number of ether oxygens (including phenoxy) is 1. The highest BCUT2D eigenvalue weighted by atomic mass is 19.1. The van der Waals surface area contributed by atoms with Gasteiger partial charge in [-0.2, -0.15) is 4.39 Å². The lowest BCUT2D eigenvalue weighted by Crippen LogP contribution is -1.93. The van der Waals surface area contributed by atoms with E-state index in [1.54, 1.807) is 12.3 Å². The Bertz CT molecular complexity index is 1040. The largest absolute Gasteiger partial charge is 0.493 e. The lowest BCUT2D eigenvalue weighted by atomic mass is 10.0. The second-order valence-corrected chi connectivity index (χ2v) is 5.62. The highest BCUT2D eigenvalue weighted by Gasteiger charge is 2.13. The van der Waals surface area contributed by atoms with E-state index in [-0.39, 0.29) is 0 Å². The van der Waals surface area contributed by atoms with E-state index in [1.807, 2.05) is 43.5 Å². The summed E-state index contributed by atoms with van der Waals surface area (Å²) < 4.78 is 19.2. The van der Waals surface area contributed by atoms with Gasteiger partial charge in [0.1, 0.15) is 11.4 Å². The molecule has 0 saturated heterocycles. The van der Waals surface area contributed by atoms with Crippen molar-refractivity contribution in [1.29, 1.82) is 0 Å². The molecule has 0 radical (unpaired) electrons. The number of hydrogen-bond acceptors (Lipinski definition) is 3. The summed E-state index contributed by atoms with van der Waals surface area (Å²) in [7, 11) is 0. The molecule has 0 aliphatic rings. The first-order valence-electron chi connectivity index (χ1n) is 8.07. The molecule has 25 heavy (non-hydrogen) atoms. The van der Waals surface area contributed by atoms with Crippen molar-refractivity contribution in [3.8, 4) is 28.0 Å². The fraction of sp³-hybridized carbons (Fsp3) is 0.100. The topological polar surface area (TPSA) is 50.8 Å². The van der Waals surface area contributed by atoms with Crippen molar-refractivity contribution >= 4 is 11.0 Å². The van der Waals surface area contributed by atoms with E-state index in [4.69, 9.17) is 4.74 Å². The second-order valence-electron chi connectivity index (χ2n) is 5.62. The maximum atomic E-state index is 13.4. The van der Waals surface area contributed by atoms with Gasteiger partial charge in [-0.25, -0.2) is 9.97 Å².